The summed E-state index contributed by atoms with van der Waals surface area (Å²) in [4.78, 5) is 14.5. The third kappa shape index (κ3) is 3.45. The number of methoxy groups -OCH3 is 1. The van der Waals surface area contributed by atoms with Gasteiger partial charge in [-0.15, -0.1) is 0 Å². The topological polar surface area (TPSA) is 87.0 Å². The summed E-state index contributed by atoms with van der Waals surface area (Å²) in [6, 6.07) is 2.57. The Bertz CT molecular complexity index is 406. The Morgan fingerprint density at radius 3 is 2.61 bits per heavy atom. The number of anilines is 2. The summed E-state index contributed by atoms with van der Waals surface area (Å²) in [7, 11) is 3.24. The first kappa shape index (κ1) is 14.0. The molecule has 0 amide bonds. The maximum Gasteiger partial charge on any atom is 0.322 e. The number of nitrogens with one attached hydrogen (secondary N) is 1. The second-order valence-corrected chi connectivity index (χ2v) is 3.89. The molecule has 7 nitrogen and oxygen atoms in total. The number of nitrogens with zero attached hydrogens (tertiary/aromatic N) is 5. The molecule has 0 saturated carbocycles. The second kappa shape index (κ2) is 6.59. The van der Waals surface area contributed by atoms with E-state index in [1.54, 1.807) is 7.05 Å². The van der Waals surface area contributed by atoms with Crippen molar-refractivity contribution in [1.82, 2.24) is 15.0 Å². The summed E-state index contributed by atoms with van der Waals surface area (Å²) in [6.45, 7) is 4.61. The van der Waals surface area contributed by atoms with Gasteiger partial charge in [0.25, 0.3) is 0 Å². The minimum atomic E-state index is 0.190. The van der Waals surface area contributed by atoms with Gasteiger partial charge in [0, 0.05) is 19.6 Å². The molecule has 0 aliphatic rings. The van der Waals surface area contributed by atoms with E-state index in [1.807, 2.05) is 18.7 Å². The van der Waals surface area contributed by atoms with Crippen molar-refractivity contribution in [3.05, 3.63) is 0 Å². The van der Waals surface area contributed by atoms with Gasteiger partial charge in [-0.1, -0.05) is 0 Å². The van der Waals surface area contributed by atoms with Crippen LogP contribution in [0.3, 0.4) is 0 Å². The van der Waals surface area contributed by atoms with Crippen LogP contribution in [0.15, 0.2) is 0 Å². The van der Waals surface area contributed by atoms with E-state index in [1.165, 1.54) is 7.11 Å². The van der Waals surface area contributed by atoms with Gasteiger partial charge in [-0.25, -0.2) is 0 Å². The lowest BCUT2D eigenvalue weighted by Crippen LogP contribution is -2.33. The number of ether oxygens (including phenoxy) is 1. The Labute approximate surface area is 107 Å². The molecular weight excluding hydrogens is 232 g/mol. The van der Waals surface area contributed by atoms with E-state index in [0.717, 1.165) is 0 Å². The lowest BCUT2D eigenvalue weighted by atomic mass is 10.3. The van der Waals surface area contributed by atoms with Gasteiger partial charge < -0.3 is 15.0 Å². The highest BCUT2D eigenvalue weighted by Gasteiger charge is 2.16. The van der Waals surface area contributed by atoms with Crippen LogP contribution < -0.4 is 15.0 Å². The van der Waals surface area contributed by atoms with Crippen molar-refractivity contribution >= 4 is 11.9 Å². The molecule has 0 unspecified atom stereocenters. The zero-order valence-electron chi connectivity index (χ0n) is 11.1. The van der Waals surface area contributed by atoms with E-state index in [2.05, 4.69) is 26.3 Å². The summed E-state index contributed by atoms with van der Waals surface area (Å²) in [5, 5.41) is 11.5. The molecule has 18 heavy (non-hydrogen) atoms. The highest BCUT2D eigenvalue weighted by molar-refractivity contribution is 5.38. The monoisotopic (exact) mass is 250 g/mol. The van der Waals surface area contributed by atoms with Crippen molar-refractivity contribution in [2.75, 3.05) is 30.9 Å². The SMILES string of the molecule is CNc1nc(OC)nc(N(CCC#N)C(C)C)n1. The lowest BCUT2D eigenvalue weighted by molar-refractivity contribution is 0.378. The minimum absolute atomic E-state index is 0.190. The zero-order valence-corrected chi connectivity index (χ0v) is 11.1. The summed E-state index contributed by atoms with van der Waals surface area (Å²) in [5.41, 5.74) is 0. The van der Waals surface area contributed by atoms with E-state index in [-0.39, 0.29) is 12.1 Å². The lowest BCUT2D eigenvalue weighted by Gasteiger charge is -2.25. The van der Waals surface area contributed by atoms with Crippen LogP contribution in [0.1, 0.15) is 20.3 Å². The van der Waals surface area contributed by atoms with Crippen molar-refractivity contribution in [3.63, 3.8) is 0 Å². The standard InChI is InChI=1S/C11H18N6O/c1-8(2)17(7-5-6-12)10-14-9(13-3)15-11(16-10)18-4/h8H,5,7H2,1-4H3,(H,13,14,15,16). The maximum atomic E-state index is 8.68. The third-order valence-corrected chi connectivity index (χ3v) is 2.35. The molecule has 98 valence electrons. The quantitative estimate of drug-likeness (QED) is 0.807. The summed E-state index contributed by atoms with van der Waals surface area (Å²) < 4.78 is 5.04. The van der Waals surface area contributed by atoms with Crippen LogP contribution in [-0.4, -0.2) is 41.7 Å². The third-order valence-electron chi connectivity index (χ3n) is 2.35. The van der Waals surface area contributed by atoms with E-state index in [9.17, 15) is 0 Å². The van der Waals surface area contributed by atoms with E-state index < -0.39 is 0 Å². The smallest absolute Gasteiger partial charge is 0.322 e. The molecule has 0 bridgehead atoms. The van der Waals surface area contributed by atoms with E-state index in [0.29, 0.717) is 24.9 Å². The fraction of sp³-hybridized carbons (Fsp3) is 0.636. The van der Waals surface area contributed by atoms with Gasteiger partial charge in [-0.05, 0) is 13.8 Å². The van der Waals surface area contributed by atoms with Gasteiger partial charge in [-0.2, -0.15) is 20.2 Å². The molecule has 0 aliphatic carbocycles. The molecule has 1 aromatic heterocycles. The van der Waals surface area contributed by atoms with Gasteiger partial charge in [0.2, 0.25) is 11.9 Å². The van der Waals surface area contributed by atoms with Gasteiger partial charge in [-0.3, -0.25) is 0 Å². The molecule has 1 N–H and O–H groups in total. The van der Waals surface area contributed by atoms with E-state index in [4.69, 9.17) is 10.00 Å². The number of hydrogen-bond donors (Lipinski definition) is 1. The molecule has 0 spiro atoms. The van der Waals surface area contributed by atoms with Crippen LogP contribution >= 0.6 is 0 Å². The molecule has 0 aliphatic heterocycles. The van der Waals surface area contributed by atoms with Crippen LogP contribution in [0.25, 0.3) is 0 Å². The highest BCUT2D eigenvalue weighted by Crippen LogP contribution is 2.17. The molecule has 7 heteroatoms. The largest absolute Gasteiger partial charge is 0.467 e. The Kier molecular flexibility index (Phi) is 5.11. The molecule has 0 fully saturated rings. The predicted molar refractivity (Wildman–Crippen MR) is 68.6 cm³/mol. The first-order valence-electron chi connectivity index (χ1n) is 5.73. The molecular formula is C11H18N6O. The Morgan fingerprint density at radius 2 is 2.11 bits per heavy atom. The fourth-order valence-electron chi connectivity index (χ4n) is 1.44. The van der Waals surface area contributed by atoms with Gasteiger partial charge >= 0.3 is 6.01 Å². The summed E-state index contributed by atoms with van der Waals surface area (Å²) in [6.07, 6.45) is 0.418. The normalized spacial score (nSPS) is 10.0. The van der Waals surface area contributed by atoms with Crippen molar-refractivity contribution in [2.24, 2.45) is 0 Å². The van der Waals surface area contributed by atoms with Crippen molar-refractivity contribution in [2.45, 2.75) is 26.3 Å². The van der Waals surface area contributed by atoms with Crippen molar-refractivity contribution in [1.29, 1.82) is 5.26 Å². The first-order valence-corrected chi connectivity index (χ1v) is 5.73. The minimum Gasteiger partial charge on any atom is -0.467 e. The number of hydrogen-bond acceptors (Lipinski definition) is 7. The van der Waals surface area contributed by atoms with Crippen LogP contribution in [0.2, 0.25) is 0 Å². The average Bonchev–Trinajstić information content (AvgIpc) is 2.38. The van der Waals surface area contributed by atoms with Crippen LogP contribution in [0.4, 0.5) is 11.9 Å². The van der Waals surface area contributed by atoms with Crippen LogP contribution in [0, 0.1) is 11.3 Å². The van der Waals surface area contributed by atoms with Crippen molar-refractivity contribution in [3.8, 4) is 12.1 Å². The van der Waals surface area contributed by atoms with Crippen LogP contribution in [0.5, 0.6) is 6.01 Å². The average molecular weight is 250 g/mol. The number of aromatic nitrogens is 3. The fourth-order valence-corrected chi connectivity index (χ4v) is 1.44. The van der Waals surface area contributed by atoms with Crippen molar-refractivity contribution < 1.29 is 4.74 Å². The van der Waals surface area contributed by atoms with Crippen LogP contribution in [-0.2, 0) is 0 Å². The molecule has 0 radical (unpaired) electrons. The second-order valence-electron chi connectivity index (χ2n) is 3.89. The number of rotatable bonds is 6. The highest BCUT2D eigenvalue weighted by atomic mass is 16.5. The number of nitriles is 1. The first-order chi connectivity index (χ1) is 8.62. The molecule has 0 atom stereocenters. The summed E-state index contributed by atoms with van der Waals surface area (Å²) in [5.74, 6) is 0.955. The van der Waals surface area contributed by atoms with E-state index >= 15 is 0 Å². The molecule has 0 saturated heterocycles. The van der Waals surface area contributed by atoms with Gasteiger partial charge in [0.1, 0.15) is 0 Å². The zero-order chi connectivity index (χ0) is 13.5. The Balaban J connectivity index is 3.06. The molecule has 1 rings (SSSR count). The Hall–Kier alpha value is -2.10. The van der Waals surface area contributed by atoms with Gasteiger partial charge in [0.15, 0.2) is 0 Å². The van der Waals surface area contributed by atoms with Gasteiger partial charge in [0.05, 0.1) is 19.6 Å². The molecule has 1 aromatic rings. The predicted octanol–water partition coefficient (Wildman–Crippen LogP) is 1.05. The Morgan fingerprint density at radius 1 is 1.39 bits per heavy atom. The maximum absolute atomic E-state index is 8.68. The summed E-state index contributed by atoms with van der Waals surface area (Å²) >= 11 is 0. The molecule has 0 aromatic carbocycles. The molecule has 1 heterocycles.